The molecular formula is C15H22FN3O. The lowest BCUT2D eigenvalue weighted by molar-refractivity contribution is -0.117. The molecule has 1 fully saturated rings. The number of anilines is 1. The molecule has 1 unspecified atom stereocenters. The smallest absolute Gasteiger partial charge is 0.238 e. The van der Waals surface area contributed by atoms with Crippen molar-refractivity contribution in [3.05, 3.63) is 29.6 Å². The van der Waals surface area contributed by atoms with Crippen LogP contribution in [0.1, 0.15) is 18.4 Å². The van der Waals surface area contributed by atoms with Gasteiger partial charge in [-0.2, -0.15) is 0 Å². The van der Waals surface area contributed by atoms with Gasteiger partial charge >= 0.3 is 0 Å². The van der Waals surface area contributed by atoms with Crippen molar-refractivity contribution in [1.82, 2.24) is 10.2 Å². The molecule has 20 heavy (non-hydrogen) atoms. The van der Waals surface area contributed by atoms with Crippen LogP contribution in [0, 0.1) is 12.7 Å². The van der Waals surface area contributed by atoms with Crippen LogP contribution in [0.25, 0.3) is 0 Å². The summed E-state index contributed by atoms with van der Waals surface area (Å²) in [5.74, 6) is -0.442. The van der Waals surface area contributed by atoms with Gasteiger partial charge in [0.2, 0.25) is 5.91 Å². The molecule has 1 aliphatic heterocycles. The normalized spacial score (nSPS) is 19.1. The second kappa shape index (κ2) is 6.81. The highest BCUT2D eigenvalue weighted by atomic mass is 19.1. The minimum Gasteiger partial charge on any atom is -0.325 e. The first-order chi connectivity index (χ1) is 9.56. The summed E-state index contributed by atoms with van der Waals surface area (Å²) >= 11 is 0. The van der Waals surface area contributed by atoms with Crippen LogP contribution < -0.4 is 10.6 Å². The molecule has 1 aromatic carbocycles. The molecule has 1 aromatic rings. The maximum Gasteiger partial charge on any atom is 0.238 e. The van der Waals surface area contributed by atoms with Crippen LogP contribution in [-0.2, 0) is 4.79 Å². The maximum absolute atomic E-state index is 13.2. The molecule has 110 valence electrons. The van der Waals surface area contributed by atoms with Crippen molar-refractivity contribution in [2.24, 2.45) is 0 Å². The summed E-state index contributed by atoms with van der Waals surface area (Å²) < 4.78 is 13.2. The number of carbonyl (C=O) groups excluding carboxylic acids is 1. The highest BCUT2D eigenvalue weighted by Gasteiger charge is 2.19. The summed E-state index contributed by atoms with van der Waals surface area (Å²) in [4.78, 5) is 14.1. The predicted molar refractivity (Wildman–Crippen MR) is 78.3 cm³/mol. The lowest BCUT2D eigenvalue weighted by Crippen LogP contribution is -2.46. The molecule has 5 heteroatoms. The van der Waals surface area contributed by atoms with Gasteiger partial charge in [0.25, 0.3) is 0 Å². The van der Waals surface area contributed by atoms with E-state index in [9.17, 15) is 9.18 Å². The number of hydrogen-bond donors (Lipinski definition) is 2. The first kappa shape index (κ1) is 14.9. The molecule has 2 N–H and O–H groups in total. The van der Waals surface area contributed by atoms with Gasteiger partial charge in [-0.15, -0.1) is 0 Å². The number of halogens is 1. The Hall–Kier alpha value is -1.46. The Labute approximate surface area is 119 Å². The molecule has 0 saturated carbocycles. The second-order valence-corrected chi connectivity index (χ2v) is 5.42. The molecule has 0 aliphatic carbocycles. The highest BCUT2D eigenvalue weighted by Crippen LogP contribution is 2.16. The van der Waals surface area contributed by atoms with E-state index in [0.717, 1.165) is 31.5 Å². The van der Waals surface area contributed by atoms with Gasteiger partial charge in [0.05, 0.1) is 6.54 Å². The molecular weight excluding hydrogens is 257 g/mol. The van der Waals surface area contributed by atoms with Gasteiger partial charge < -0.3 is 10.6 Å². The van der Waals surface area contributed by atoms with E-state index in [1.54, 1.807) is 6.07 Å². The Morgan fingerprint density at radius 2 is 2.35 bits per heavy atom. The topological polar surface area (TPSA) is 44.4 Å². The molecule has 1 amide bonds. The monoisotopic (exact) mass is 279 g/mol. The molecule has 1 heterocycles. The standard InChI is InChI=1S/C15H22FN3O/c1-11-5-6-12(16)8-14(11)18-15(20)10-19(2)13-4-3-7-17-9-13/h5-6,8,13,17H,3-4,7,9-10H2,1-2H3,(H,18,20). The number of nitrogens with one attached hydrogen (secondary N) is 2. The minimum atomic E-state index is -0.337. The lowest BCUT2D eigenvalue weighted by atomic mass is 10.1. The highest BCUT2D eigenvalue weighted by molar-refractivity contribution is 5.92. The quantitative estimate of drug-likeness (QED) is 0.882. The summed E-state index contributed by atoms with van der Waals surface area (Å²) in [7, 11) is 1.95. The number of amides is 1. The van der Waals surface area contributed by atoms with E-state index in [1.165, 1.54) is 12.1 Å². The number of likely N-dealkylation sites (N-methyl/N-ethyl adjacent to an activating group) is 1. The fourth-order valence-corrected chi connectivity index (χ4v) is 2.48. The van der Waals surface area contributed by atoms with Crippen LogP contribution in [0.5, 0.6) is 0 Å². The molecule has 0 aromatic heterocycles. The zero-order valence-electron chi connectivity index (χ0n) is 12.1. The average Bonchev–Trinajstić information content (AvgIpc) is 2.43. The Morgan fingerprint density at radius 1 is 1.55 bits per heavy atom. The summed E-state index contributed by atoms with van der Waals surface area (Å²) in [5, 5.41) is 6.11. The molecule has 2 rings (SSSR count). The Morgan fingerprint density at radius 3 is 3.05 bits per heavy atom. The first-order valence-electron chi connectivity index (χ1n) is 7.03. The van der Waals surface area contributed by atoms with Crippen molar-refractivity contribution in [3.63, 3.8) is 0 Å². The van der Waals surface area contributed by atoms with Gasteiger partial charge in [-0.05, 0) is 51.1 Å². The Kier molecular flexibility index (Phi) is 5.09. The number of hydrogen-bond acceptors (Lipinski definition) is 3. The van der Waals surface area contributed by atoms with E-state index in [1.807, 2.05) is 14.0 Å². The predicted octanol–water partition coefficient (Wildman–Crippen LogP) is 1.76. The van der Waals surface area contributed by atoms with Gasteiger partial charge in [0.1, 0.15) is 5.82 Å². The van der Waals surface area contributed by atoms with Crippen molar-refractivity contribution < 1.29 is 9.18 Å². The lowest BCUT2D eigenvalue weighted by Gasteiger charge is -2.31. The number of nitrogens with zero attached hydrogens (tertiary/aromatic N) is 1. The van der Waals surface area contributed by atoms with Crippen molar-refractivity contribution in [2.45, 2.75) is 25.8 Å². The van der Waals surface area contributed by atoms with Crippen LogP contribution in [-0.4, -0.2) is 43.5 Å². The Bertz CT molecular complexity index is 472. The molecule has 1 saturated heterocycles. The fraction of sp³-hybridized carbons (Fsp3) is 0.533. The summed E-state index contributed by atoms with van der Waals surface area (Å²) in [6.07, 6.45) is 2.25. The zero-order valence-corrected chi connectivity index (χ0v) is 12.1. The number of aryl methyl sites for hydroxylation is 1. The summed E-state index contributed by atoms with van der Waals surface area (Å²) in [6.45, 7) is 4.15. The third-order valence-electron chi connectivity index (χ3n) is 3.76. The molecule has 1 aliphatic rings. The molecule has 0 radical (unpaired) electrons. The van der Waals surface area contributed by atoms with Gasteiger partial charge in [0, 0.05) is 18.3 Å². The second-order valence-electron chi connectivity index (χ2n) is 5.42. The van der Waals surface area contributed by atoms with E-state index in [0.29, 0.717) is 18.3 Å². The van der Waals surface area contributed by atoms with Gasteiger partial charge in [-0.3, -0.25) is 9.69 Å². The summed E-state index contributed by atoms with van der Waals surface area (Å²) in [6, 6.07) is 4.81. The van der Waals surface area contributed by atoms with Gasteiger partial charge in [-0.25, -0.2) is 4.39 Å². The maximum atomic E-state index is 13.2. The Balaban J connectivity index is 1.89. The number of carbonyl (C=O) groups is 1. The van der Waals surface area contributed by atoms with Crippen LogP contribution >= 0.6 is 0 Å². The molecule has 0 bridgehead atoms. The van der Waals surface area contributed by atoms with Crippen LogP contribution in [0.3, 0.4) is 0 Å². The third-order valence-corrected chi connectivity index (χ3v) is 3.76. The average molecular weight is 279 g/mol. The van der Waals surface area contributed by atoms with Gasteiger partial charge in [0.15, 0.2) is 0 Å². The van der Waals surface area contributed by atoms with Crippen molar-refractivity contribution >= 4 is 11.6 Å². The number of rotatable bonds is 4. The molecule has 0 spiro atoms. The van der Waals surface area contributed by atoms with E-state index in [2.05, 4.69) is 15.5 Å². The van der Waals surface area contributed by atoms with E-state index >= 15 is 0 Å². The van der Waals surface area contributed by atoms with Gasteiger partial charge in [-0.1, -0.05) is 6.07 Å². The van der Waals surface area contributed by atoms with E-state index in [4.69, 9.17) is 0 Å². The fourth-order valence-electron chi connectivity index (χ4n) is 2.48. The first-order valence-corrected chi connectivity index (χ1v) is 7.03. The van der Waals surface area contributed by atoms with E-state index in [-0.39, 0.29) is 11.7 Å². The van der Waals surface area contributed by atoms with Crippen LogP contribution in [0.15, 0.2) is 18.2 Å². The number of piperidine rings is 1. The van der Waals surface area contributed by atoms with E-state index < -0.39 is 0 Å². The summed E-state index contributed by atoms with van der Waals surface area (Å²) in [5.41, 5.74) is 1.41. The zero-order chi connectivity index (χ0) is 14.5. The van der Waals surface area contributed by atoms with Crippen molar-refractivity contribution in [2.75, 3.05) is 32.0 Å². The third kappa shape index (κ3) is 4.02. The largest absolute Gasteiger partial charge is 0.325 e. The minimum absolute atomic E-state index is 0.105. The van der Waals surface area contributed by atoms with Crippen molar-refractivity contribution in [3.8, 4) is 0 Å². The molecule has 1 atom stereocenters. The van der Waals surface area contributed by atoms with Crippen LogP contribution in [0.4, 0.5) is 10.1 Å². The molecule has 4 nitrogen and oxygen atoms in total. The van der Waals surface area contributed by atoms with Crippen molar-refractivity contribution in [1.29, 1.82) is 0 Å². The number of benzene rings is 1. The SMILES string of the molecule is Cc1ccc(F)cc1NC(=O)CN(C)C1CCCNC1. The van der Waals surface area contributed by atoms with Crippen LogP contribution in [0.2, 0.25) is 0 Å².